The molecule has 0 atom stereocenters. The van der Waals surface area contributed by atoms with Gasteiger partial charge < -0.3 is 9.83 Å². The van der Waals surface area contributed by atoms with Gasteiger partial charge in [-0.25, -0.2) is 0 Å². The molecule has 0 amide bonds. The second-order valence-electron chi connectivity index (χ2n) is 1.88. The maximum atomic E-state index is 6.96. The Morgan fingerprint density at radius 2 is 2.40 bits per heavy atom. The molecule has 0 unspecified atom stereocenters. The number of rotatable bonds is 2. The maximum absolute atomic E-state index is 6.96. The molecule has 0 aromatic carbocycles. The first kappa shape index (κ1) is 6.81. The fourth-order valence-corrected chi connectivity index (χ4v) is 0.737. The number of hydrogen-bond donors (Lipinski definition) is 1. The van der Waals surface area contributed by atoms with Crippen molar-refractivity contribution in [1.82, 2.24) is 0 Å². The van der Waals surface area contributed by atoms with Crippen LogP contribution in [-0.4, -0.2) is 6.21 Å². The van der Waals surface area contributed by atoms with E-state index in [1.54, 1.807) is 12.3 Å². The molecule has 52 valence electrons. The number of nitrogens with one attached hydrogen (secondary N) is 1. The Bertz CT molecular complexity index is 248. The highest BCUT2D eigenvalue weighted by Crippen LogP contribution is 2.08. The third-order valence-corrected chi connectivity index (χ3v) is 1.20. The van der Waals surface area contributed by atoms with Gasteiger partial charge >= 0.3 is 0 Å². The summed E-state index contributed by atoms with van der Waals surface area (Å²) in [7, 11) is 0. The highest BCUT2D eigenvalue weighted by molar-refractivity contribution is 5.81. The molecule has 0 saturated heterocycles. The van der Waals surface area contributed by atoms with Crippen LogP contribution in [0, 0.1) is 5.41 Å². The van der Waals surface area contributed by atoms with Crippen LogP contribution < -0.4 is 0 Å². The number of allylic oxidation sites excluding steroid dienone is 1. The highest BCUT2D eigenvalue weighted by atomic mass is 16.3. The van der Waals surface area contributed by atoms with E-state index in [0.29, 0.717) is 0 Å². The van der Waals surface area contributed by atoms with E-state index in [2.05, 4.69) is 0 Å². The molecule has 1 rings (SSSR count). The van der Waals surface area contributed by atoms with Crippen molar-refractivity contribution in [2.45, 2.75) is 6.92 Å². The Balaban J connectivity index is 3.00. The Morgan fingerprint density at radius 1 is 1.60 bits per heavy atom. The van der Waals surface area contributed by atoms with Gasteiger partial charge in [0.1, 0.15) is 5.76 Å². The van der Waals surface area contributed by atoms with Gasteiger partial charge in [0.2, 0.25) is 0 Å². The van der Waals surface area contributed by atoms with Gasteiger partial charge in [0.05, 0.1) is 6.26 Å². The second kappa shape index (κ2) is 3.01. The van der Waals surface area contributed by atoms with Crippen LogP contribution in [0.3, 0.4) is 0 Å². The van der Waals surface area contributed by atoms with Gasteiger partial charge in [0.25, 0.3) is 0 Å². The summed E-state index contributed by atoms with van der Waals surface area (Å²) >= 11 is 0. The molecule has 0 aliphatic carbocycles. The van der Waals surface area contributed by atoms with Crippen molar-refractivity contribution in [2.24, 2.45) is 0 Å². The predicted molar refractivity (Wildman–Crippen MR) is 41.3 cm³/mol. The first-order valence-electron chi connectivity index (χ1n) is 3.09. The summed E-state index contributed by atoms with van der Waals surface area (Å²) < 4.78 is 5.06. The van der Waals surface area contributed by atoms with Gasteiger partial charge in [-0.2, -0.15) is 0 Å². The van der Waals surface area contributed by atoms with Gasteiger partial charge in [-0.15, -0.1) is 0 Å². The quantitative estimate of drug-likeness (QED) is 0.621. The monoisotopic (exact) mass is 135 g/mol. The highest BCUT2D eigenvalue weighted by Gasteiger charge is 1.96. The van der Waals surface area contributed by atoms with Crippen molar-refractivity contribution < 1.29 is 4.42 Å². The fourth-order valence-electron chi connectivity index (χ4n) is 0.737. The SMILES string of the molecule is C/C=C\c1occc1C=N. The zero-order valence-corrected chi connectivity index (χ0v) is 5.79. The molecule has 0 fully saturated rings. The summed E-state index contributed by atoms with van der Waals surface area (Å²) in [6, 6.07) is 1.77. The molecule has 0 radical (unpaired) electrons. The molecular weight excluding hydrogens is 126 g/mol. The van der Waals surface area contributed by atoms with Crippen LogP contribution in [0.15, 0.2) is 22.8 Å². The van der Waals surface area contributed by atoms with Crippen molar-refractivity contribution in [3.63, 3.8) is 0 Å². The lowest BCUT2D eigenvalue weighted by Gasteiger charge is -1.84. The molecule has 1 aromatic heterocycles. The van der Waals surface area contributed by atoms with E-state index in [1.807, 2.05) is 19.1 Å². The van der Waals surface area contributed by atoms with E-state index in [-0.39, 0.29) is 0 Å². The maximum Gasteiger partial charge on any atom is 0.135 e. The summed E-state index contributed by atoms with van der Waals surface area (Å²) in [6.45, 7) is 1.91. The van der Waals surface area contributed by atoms with Gasteiger partial charge in [-0.3, -0.25) is 0 Å². The number of hydrogen-bond acceptors (Lipinski definition) is 2. The summed E-state index contributed by atoms with van der Waals surface area (Å²) in [5.74, 6) is 0.748. The molecule has 1 heterocycles. The van der Waals surface area contributed by atoms with Crippen molar-refractivity contribution in [3.8, 4) is 0 Å². The molecule has 1 aromatic rings. The summed E-state index contributed by atoms with van der Waals surface area (Å²) in [5.41, 5.74) is 0.818. The minimum Gasteiger partial charge on any atom is -0.464 e. The molecule has 2 nitrogen and oxygen atoms in total. The average Bonchev–Trinajstić information content (AvgIpc) is 2.36. The molecule has 0 aliphatic rings. The van der Waals surface area contributed by atoms with Crippen molar-refractivity contribution in [3.05, 3.63) is 29.7 Å². The number of furan rings is 1. The zero-order chi connectivity index (χ0) is 7.40. The minimum atomic E-state index is 0.748. The average molecular weight is 135 g/mol. The van der Waals surface area contributed by atoms with Gasteiger partial charge in [0.15, 0.2) is 0 Å². The summed E-state index contributed by atoms with van der Waals surface area (Å²) in [4.78, 5) is 0. The molecule has 0 bridgehead atoms. The molecule has 1 N–H and O–H groups in total. The van der Waals surface area contributed by atoms with E-state index >= 15 is 0 Å². The van der Waals surface area contributed by atoms with Crippen LogP contribution in [0.25, 0.3) is 6.08 Å². The van der Waals surface area contributed by atoms with E-state index < -0.39 is 0 Å². The van der Waals surface area contributed by atoms with Crippen molar-refractivity contribution >= 4 is 12.3 Å². The predicted octanol–water partition coefficient (Wildman–Crippen LogP) is 2.31. The van der Waals surface area contributed by atoms with E-state index in [0.717, 1.165) is 11.3 Å². The van der Waals surface area contributed by atoms with Crippen LogP contribution in [0.4, 0.5) is 0 Å². The van der Waals surface area contributed by atoms with Crippen LogP contribution in [0.5, 0.6) is 0 Å². The fraction of sp³-hybridized carbons (Fsp3) is 0.125. The second-order valence-corrected chi connectivity index (χ2v) is 1.88. The van der Waals surface area contributed by atoms with E-state index in [1.165, 1.54) is 6.21 Å². The van der Waals surface area contributed by atoms with E-state index in [4.69, 9.17) is 9.83 Å². The third kappa shape index (κ3) is 1.16. The lowest BCUT2D eigenvalue weighted by Crippen LogP contribution is -1.75. The summed E-state index contributed by atoms with van der Waals surface area (Å²) in [5, 5.41) is 6.96. The Hall–Kier alpha value is -1.31. The normalized spacial score (nSPS) is 10.5. The topological polar surface area (TPSA) is 37.0 Å². The lowest BCUT2D eigenvalue weighted by atomic mass is 10.2. The Morgan fingerprint density at radius 3 is 3.00 bits per heavy atom. The molecule has 10 heavy (non-hydrogen) atoms. The zero-order valence-electron chi connectivity index (χ0n) is 5.79. The lowest BCUT2D eigenvalue weighted by molar-refractivity contribution is 0.556. The third-order valence-electron chi connectivity index (χ3n) is 1.20. The first-order valence-corrected chi connectivity index (χ1v) is 3.09. The molecule has 2 heteroatoms. The van der Waals surface area contributed by atoms with Crippen LogP contribution in [0.1, 0.15) is 18.2 Å². The molecular formula is C8H9NO. The van der Waals surface area contributed by atoms with Gasteiger partial charge in [0, 0.05) is 11.8 Å². The van der Waals surface area contributed by atoms with E-state index in [9.17, 15) is 0 Å². The molecule has 0 saturated carbocycles. The van der Waals surface area contributed by atoms with Crippen LogP contribution in [0.2, 0.25) is 0 Å². The summed E-state index contributed by atoms with van der Waals surface area (Å²) in [6.07, 6.45) is 6.57. The largest absolute Gasteiger partial charge is 0.464 e. The first-order chi connectivity index (χ1) is 4.88. The van der Waals surface area contributed by atoms with Crippen LogP contribution in [-0.2, 0) is 0 Å². The molecule has 0 aliphatic heterocycles. The van der Waals surface area contributed by atoms with Crippen LogP contribution >= 0.6 is 0 Å². The van der Waals surface area contributed by atoms with Gasteiger partial charge in [-0.1, -0.05) is 6.08 Å². The van der Waals surface area contributed by atoms with Crippen molar-refractivity contribution in [1.29, 1.82) is 5.41 Å². The Kier molecular flexibility index (Phi) is 2.05. The smallest absolute Gasteiger partial charge is 0.135 e. The van der Waals surface area contributed by atoms with Crippen molar-refractivity contribution in [2.75, 3.05) is 0 Å². The minimum absolute atomic E-state index is 0.748. The Labute approximate surface area is 59.7 Å². The van der Waals surface area contributed by atoms with Gasteiger partial charge in [-0.05, 0) is 19.1 Å². The standard InChI is InChI=1S/C8H9NO/c1-2-3-8-7(6-9)4-5-10-8/h2-6,9H,1H3/b3-2-,9-6?. The molecule has 0 spiro atoms.